The Kier molecular flexibility index (Phi) is 4.41. The average molecular weight is 475 g/mol. The Morgan fingerprint density at radius 2 is 1.40 bits per heavy atom. The molecule has 1 atom stereocenters. The molecule has 1 spiro atoms. The molecule has 1 fully saturated rings. The highest BCUT2D eigenvalue weighted by Crippen LogP contribution is 2.57. The van der Waals surface area contributed by atoms with Gasteiger partial charge in [-0.2, -0.15) is 5.06 Å². The second kappa shape index (κ2) is 7.29. The van der Waals surface area contributed by atoms with Crippen LogP contribution in [-0.4, -0.2) is 38.2 Å². The van der Waals surface area contributed by atoms with Gasteiger partial charge < -0.3 is 24.8 Å². The lowest BCUT2D eigenvalue weighted by Crippen LogP contribution is -2.33. The van der Waals surface area contributed by atoms with Crippen molar-refractivity contribution in [2.45, 2.75) is 24.7 Å². The summed E-state index contributed by atoms with van der Waals surface area (Å²) in [5.74, 6) is -1.46. The first-order valence-electron chi connectivity index (χ1n) is 10.7. The molecule has 2 amide bonds. The van der Waals surface area contributed by atoms with E-state index in [-0.39, 0.29) is 47.0 Å². The van der Waals surface area contributed by atoms with E-state index in [1.54, 1.807) is 18.2 Å². The standard InChI is InChI=1S/C25H17NO9/c27-13-2-5-17-19(10-13)33-20-11-14(28)3-6-18(20)25(17)16-4-1-12(9-15(16)24(32)34-25)23(31)35-26-21(29)7-8-22(26)30/h1-6,9-11,23,27-28,31H,7-8H2. The number of aliphatic hydroxyl groups excluding tert-OH is 1. The molecule has 1 unspecified atom stereocenters. The van der Waals surface area contributed by atoms with Gasteiger partial charge in [0.15, 0.2) is 5.60 Å². The fraction of sp³-hybridized carbons (Fsp3) is 0.160. The number of phenolic OH excluding ortho intramolecular Hbond substituents is 2. The molecule has 0 aromatic heterocycles. The van der Waals surface area contributed by atoms with Gasteiger partial charge in [0.25, 0.3) is 11.8 Å². The van der Waals surface area contributed by atoms with Crippen molar-refractivity contribution in [3.8, 4) is 23.0 Å². The molecule has 0 bridgehead atoms. The highest BCUT2D eigenvalue weighted by molar-refractivity contribution is 6.00. The van der Waals surface area contributed by atoms with Gasteiger partial charge in [-0.05, 0) is 30.3 Å². The topological polar surface area (TPSA) is 143 Å². The summed E-state index contributed by atoms with van der Waals surface area (Å²) in [4.78, 5) is 41.9. The number of hydrogen-bond acceptors (Lipinski definition) is 9. The fourth-order valence-electron chi connectivity index (χ4n) is 4.71. The van der Waals surface area contributed by atoms with Crippen LogP contribution < -0.4 is 4.74 Å². The van der Waals surface area contributed by atoms with E-state index in [2.05, 4.69) is 0 Å². The third kappa shape index (κ3) is 3.00. The van der Waals surface area contributed by atoms with Gasteiger partial charge >= 0.3 is 5.97 Å². The molecule has 0 aliphatic carbocycles. The van der Waals surface area contributed by atoms with E-state index in [0.29, 0.717) is 21.8 Å². The van der Waals surface area contributed by atoms with Gasteiger partial charge in [0.2, 0.25) is 6.29 Å². The van der Waals surface area contributed by atoms with Gasteiger partial charge in [-0.1, -0.05) is 12.1 Å². The quantitative estimate of drug-likeness (QED) is 0.296. The molecule has 3 heterocycles. The van der Waals surface area contributed by atoms with Gasteiger partial charge in [0, 0.05) is 47.2 Å². The number of carbonyl (C=O) groups is 3. The van der Waals surface area contributed by atoms with Gasteiger partial charge in [0.1, 0.15) is 23.0 Å². The first-order valence-corrected chi connectivity index (χ1v) is 10.7. The molecule has 1 saturated heterocycles. The third-order valence-electron chi connectivity index (χ3n) is 6.29. The van der Waals surface area contributed by atoms with Crippen LogP contribution in [0.4, 0.5) is 0 Å². The first-order chi connectivity index (χ1) is 16.8. The molecule has 6 rings (SSSR count). The van der Waals surface area contributed by atoms with Crippen LogP contribution in [0.2, 0.25) is 0 Å². The molecule has 3 aliphatic rings. The zero-order valence-corrected chi connectivity index (χ0v) is 17.9. The second-order valence-electron chi connectivity index (χ2n) is 8.38. The maximum Gasteiger partial charge on any atom is 0.340 e. The zero-order valence-electron chi connectivity index (χ0n) is 17.9. The minimum absolute atomic E-state index is 0.00339. The largest absolute Gasteiger partial charge is 0.508 e. The number of amides is 2. The Morgan fingerprint density at radius 1 is 0.829 bits per heavy atom. The van der Waals surface area contributed by atoms with Gasteiger partial charge in [-0.15, -0.1) is 0 Å². The third-order valence-corrected chi connectivity index (χ3v) is 6.29. The smallest absolute Gasteiger partial charge is 0.340 e. The number of rotatable bonds is 3. The number of phenols is 2. The van der Waals surface area contributed by atoms with Crippen LogP contribution >= 0.6 is 0 Å². The van der Waals surface area contributed by atoms with Crippen molar-refractivity contribution < 1.29 is 44.0 Å². The molecular formula is C25H17NO9. The maximum absolute atomic E-state index is 13.1. The van der Waals surface area contributed by atoms with Crippen LogP contribution in [-0.2, 0) is 24.8 Å². The van der Waals surface area contributed by atoms with Crippen molar-refractivity contribution >= 4 is 17.8 Å². The molecule has 0 saturated carbocycles. The van der Waals surface area contributed by atoms with Crippen LogP contribution in [0.1, 0.15) is 51.7 Å². The van der Waals surface area contributed by atoms with E-state index in [1.807, 2.05) is 0 Å². The summed E-state index contributed by atoms with van der Waals surface area (Å²) in [6, 6.07) is 13.3. The zero-order chi connectivity index (χ0) is 24.5. The Hall–Kier alpha value is -4.41. The van der Waals surface area contributed by atoms with Crippen molar-refractivity contribution in [2.24, 2.45) is 0 Å². The van der Waals surface area contributed by atoms with Crippen molar-refractivity contribution in [1.82, 2.24) is 5.06 Å². The van der Waals surface area contributed by atoms with Crippen LogP contribution in [0.5, 0.6) is 23.0 Å². The lowest BCUT2D eigenvalue weighted by Gasteiger charge is -2.36. The Bertz CT molecular complexity index is 1380. The molecule has 35 heavy (non-hydrogen) atoms. The number of aliphatic hydroxyl groups is 1. The van der Waals surface area contributed by atoms with Crippen LogP contribution in [0, 0.1) is 0 Å². The SMILES string of the molecule is O=C1OC2(c3ccc(O)cc3Oc3cc(O)ccc32)c2ccc(C(O)ON3C(=O)CCC3=O)cc21. The summed E-state index contributed by atoms with van der Waals surface area (Å²) >= 11 is 0. The monoisotopic (exact) mass is 475 g/mol. The predicted octanol–water partition coefficient (Wildman–Crippen LogP) is 2.74. The number of hydrogen-bond donors (Lipinski definition) is 3. The van der Waals surface area contributed by atoms with Crippen molar-refractivity contribution in [1.29, 1.82) is 0 Å². The summed E-state index contributed by atoms with van der Waals surface area (Å²) in [5.41, 5.74) is 0.172. The first kappa shape index (κ1) is 21.1. The van der Waals surface area contributed by atoms with Gasteiger partial charge in [-0.3, -0.25) is 9.59 Å². The number of fused-ring (bicyclic) bond motifs is 6. The number of benzene rings is 3. The van der Waals surface area contributed by atoms with Gasteiger partial charge in [-0.25, -0.2) is 9.63 Å². The summed E-state index contributed by atoms with van der Waals surface area (Å²) in [5, 5.41) is 31.0. The van der Waals surface area contributed by atoms with E-state index >= 15 is 0 Å². The maximum atomic E-state index is 13.1. The molecule has 3 aliphatic heterocycles. The van der Waals surface area contributed by atoms with E-state index in [0.717, 1.165) is 0 Å². The van der Waals surface area contributed by atoms with Crippen molar-refractivity contribution in [2.75, 3.05) is 0 Å². The number of aromatic hydroxyl groups is 2. The second-order valence-corrected chi connectivity index (χ2v) is 8.38. The highest BCUT2D eigenvalue weighted by Gasteiger charge is 2.53. The lowest BCUT2D eigenvalue weighted by atomic mass is 9.77. The molecule has 176 valence electrons. The Balaban J connectivity index is 1.47. The summed E-state index contributed by atoms with van der Waals surface area (Å²) in [6.07, 6.45) is -1.69. The van der Waals surface area contributed by atoms with Crippen molar-refractivity contribution in [3.63, 3.8) is 0 Å². The summed E-state index contributed by atoms with van der Waals surface area (Å²) < 4.78 is 11.9. The van der Waals surface area contributed by atoms with E-state index in [4.69, 9.17) is 14.3 Å². The lowest BCUT2D eigenvalue weighted by molar-refractivity contribution is -0.247. The fourth-order valence-corrected chi connectivity index (χ4v) is 4.71. The Labute approximate surface area is 197 Å². The number of esters is 1. The number of carbonyl (C=O) groups excluding carboxylic acids is 3. The average Bonchev–Trinajstić information content (AvgIpc) is 3.30. The normalized spacial score (nSPS) is 18.1. The molecule has 3 N–H and O–H groups in total. The van der Waals surface area contributed by atoms with E-state index < -0.39 is 29.7 Å². The molecule has 3 aromatic carbocycles. The number of nitrogens with zero attached hydrogens (tertiary/aromatic N) is 1. The predicted molar refractivity (Wildman–Crippen MR) is 115 cm³/mol. The number of imide groups is 1. The summed E-state index contributed by atoms with van der Waals surface area (Å²) in [6.45, 7) is 0. The number of hydroxylamine groups is 2. The minimum atomic E-state index is -1.68. The van der Waals surface area contributed by atoms with E-state index in [1.165, 1.54) is 36.4 Å². The molecular weight excluding hydrogens is 458 g/mol. The van der Waals surface area contributed by atoms with E-state index in [9.17, 15) is 29.7 Å². The van der Waals surface area contributed by atoms with Crippen LogP contribution in [0.15, 0.2) is 54.6 Å². The number of ether oxygens (including phenoxy) is 2. The molecule has 10 heteroatoms. The van der Waals surface area contributed by atoms with Crippen molar-refractivity contribution in [3.05, 3.63) is 82.4 Å². The van der Waals surface area contributed by atoms with Crippen LogP contribution in [0.25, 0.3) is 0 Å². The highest BCUT2D eigenvalue weighted by atomic mass is 16.8. The summed E-state index contributed by atoms with van der Waals surface area (Å²) in [7, 11) is 0. The van der Waals surface area contributed by atoms with Gasteiger partial charge in [0.05, 0.1) is 5.56 Å². The molecule has 3 aromatic rings. The molecule has 10 nitrogen and oxygen atoms in total. The van der Waals surface area contributed by atoms with Crippen LogP contribution in [0.3, 0.4) is 0 Å². The Morgan fingerprint density at radius 3 is 2.00 bits per heavy atom. The molecule has 0 radical (unpaired) electrons. The minimum Gasteiger partial charge on any atom is -0.508 e.